The number of hydrogen-bond donors (Lipinski definition) is 3. The minimum atomic E-state index is -0.0674. The van der Waals surface area contributed by atoms with E-state index >= 15 is 0 Å². The van der Waals surface area contributed by atoms with Gasteiger partial charge in [-0.1, -0.05) is 0 Å². The number of aromatic nitrogens is 2. The summed E-state index contributed by atoms with van der Waals surface area (Å²) in [5, 5.41) is 10.1. The third kappa shape index (κ3) is 2.98. The highest BCUT2D eigenvalue weighted by molar-refractivity contribution is 5.93. The van der Waals surface area contributed by atoms with E-state index in [1.807, 2.05) is 0 Å². The third-order valence-corrected chi connectivity index (χ3v) is 1.52. The van der Waals surface area contributed by atoms with E-state index in [1.54, 1.807) is 19.4 Å². The molecule has 0 saturated heterocycles. The van der Waals surface area contributed by atoms with Crippen LogP contribution in [0.4, 0.5) is 5.95 Å². The fourth-order valence-corrected chi connectivity index (χ4v) is 0.859. The summed E-state index contributed by atoms with van der Waals surface area (Å²) >= 11 is 0. The van der Waals surface area contributed by atoms with Gasteiger partial charge in [-0.3, -0.25) is 5.41 Å². The van der Waals surface area contributed by atoms with Crippen molar-refractivity contribution in [2.24, 2.45) is 5.73 Å². The van der Waals surface area contributed by atoms with E-state index in [0.29, 0.717) is 24.8 Å². The Morgan fingerprint density at radius 3 is 3.14 bits per heavy atom. The lowest BCUT2D eigenvalue weighted by Gasteiger charge is -2.04. The number of nitrogens with two attached hydrogens (primary N) is 1. The van der Waals surface area contributed by atoms with E-state index < -0.39 is 0 Å². The smallest absolute Gasteiger partial charge is 0.223 e. The summed E-state index contributed by atoms with van der Waals surface area (Å²) in [5.74, 6) is 0.386. The van der Waals surface area contributed by atoms with Crippen LogP contribution in [0.1, 0.15) is 5.69 Å². The molecule has 0 aliphatic heterocycles. The van der Waals surface area contributed by atoms with Gasteiger partial charge in [-0.15, -0.1) is 0 Å². The average molecular weight is 195 g/mol. The van der Waals surface area contributed by atoms with Crippen LogP contribution >= 0.6 is 0 Å². The predicted octanol–water partition coefficient (Wildman–Crippen LogP) is -0.181. The molecular weight excluding hydrogens is 182 g/mol. The normalized spacial score (nSPS) is 9.79. The lowest BCUT2D eigenvalue weighted by molar-refractivity contribution is 0.210. The average Bonchev–Trinajstić information content (AvgIpc) is 2.19. The van der Waals surface area contributed by atoms with Gasteiger partial charge in [0.1, 0.15) is 11.5 Å². The zero-order valence-electron chi connectivity index (χ0n) is 7.95. The highest BCUT2D eigenvalue weighted by Crippen LogP contribution is 1.98. The summed E-state index contributed by atoms with van der Waals surface area (Å²) in [7, 11) is 1.62. The van der Waals surface area contributed by atoms with Crippen molar-refractivity contribution in [2.45, 2.75) is 0 Å². The summed E-state index contributed by atoms with van der Waals surface area (Å²) in [5.41, 5.74) is 5.69. The fourth-order valence-electron chi connectivity index (χ4n) is 0.859. The first-order valence-electron chi connectivity index (χ1n) is 4.14. The minimum Gasteiger partial charge on any atom is -0.383 e. The van der Waals surface area contributed by atoms with Crippen molar-refractivity contribution in [3.05, 3.63) is 18.0 Å². The molecule has 0 bridgehead atoms. The van der Waals surface area contributed by atoms with Crippen LogP contribution in [-0.2, 0) is 4.74 Å². The fraction of sp³-hybridized carbons (Fsp3) is 0.375. The minimum absolute atomic E-state index is 0.0674. The summed E-state index contributed by atoms with van der Waals surface area (Å²) in [4.78, 5) is 7.98. The Hall–Kier alpha value is -1.69. The summed E-state index contributed by atoms with van der Waals surface area (Å²) in [6, 6.07) is 1.59. The Morgan fingerprint density at radius 2 is 2.50 bits per heavy atom. The lowest BCUT2D eigenvalue weighted by atomic mass is 10.4. The van der Waals surface area contributed by atoms with E-state index in [1.165, 1.54) is 0 Å². The molecule has 76 valence electrons. The standard InChI is InChI=1S/C8H13N5O/c1-14-5-4-12-8-11-3-2-6(13-8)7(9)10/h2-3H,4-5H2,1H3,(H3,9,10)(H,11,12,13). The molecule has 6 heteroatoms. The van der Waals surface area contributed by atoms with Crippen LogP contribution in [0.5, 0.6) is 0 Å². The Labute approximate surface area is 82.0 Å². The van der Waals surface area contributed by atoms with Crippen LogP contribution in [0.25, 0.3) is 0 Å². The second-order valence-electron chi connectivity index (χ2n) is 2.60. The number of nitrogen functional groups attached to an aromatic ring is 1. The first-order chi connectivity index (χ1) is 6.74. The Balaban J connectivity index is 2.59. The number of nitrogens with zero attached hydrogens (tertiary/aromatic N) is 2. The zero-order valence-corrected chi connectivity index (χ0v) is 7.95. The van der Waals surface area contributed by atoms with Gasteiger partial charge in [-0.25, -0.2) is 9.97 Å². The number of amidine groups is 1. The summed E-state index contributed by atoms with van der Waals surface area (Å²) < 4.78 is 4.86. The molecule has 0 atom stereocenters. The second-order valence-corrected chi connectivity index (χ2v) is 2.60. The molecule has 1 aromatic rings. The van der Waals surface area contributed by atoms with Gasteiger partial charge in [0.25, 0.3) is 0 Å². The molecule has 0 fully saturated rings. The monoisotopic (exact) mass is 195 g/mol. The maximum absolute atomic E-state index is 7.18. The van der Waals surface area contributed by atoms with Gasteiger partial charge in [0, 0.05) is 19.9 Å². The molecule has 0 aliphatic rings. The molecule has 1 rings (SSSR count). The second kappa shape index (κ2) is 5.13. The highest BCUT2D eigenvalue weighted by Gasteiger charge is 2.00. The maximum atomic E-state index is 7.18. The molecule has 0 spiro atoms. The Kier molecular flexibility index (Phi) is 3.81. The SMILES string of the molecule is COCCNc1nccc(C(=N)N)n1. The molecule has 6 nitrogen and oxygen atoms in total. The van der Waals surface area contributed by atoms with Gasteiger partial charge in [0.15, 0.2) is 0 Å². The van der Waals surface area contributed by atoms with Crippen molar-refractivity contribution in [3.8, 4) is 0 Å². The number of ether oxygens (including phenoxy) is 1. The first kappa shape index (κ1) is 10.4. The third-order valence-electron chi connectivity index (χ3n) is 1.52. The number of anilines is 1. The van der Waals surface area contributed by atoms with E-state index in [-0.39, 0.29) is 5.84 Å². The van der Waals surface area contributed by atoms with E-state index in [0.717, 1.165) is 0 Å². The van der Waals surface area contributed by atoms with Gasteiger partial charge in [-0.2, -0.15) is 0 Å². The Morgan fingerprint density at radius 1 is 1.71 bits per heavy atom. The van der Waals surface area contributed by atoms with Crippen LogP contribution in [0.15, 0.2) is 12.3 Å². The van der Waals surface area contributed by atoms with Gasteiger partial charge in [-0.05, 0) is 6.07 Å². The molecule has 0 saturated carbocycles. The van der Waals surface area contributed by atoms with E-state index in [4.69, 9.17) is 15.9 Å². The first-order valence-corrected chi connectivity index (χ1v) is 4.14. The van der Waals surface area contributed by atoms with Gasteiger partial charge < -0.3 is 15.8 Å². The van der Waals surface area contributed by atoms with Gasteiger partial charge >= 0.3 is 0 Å². The van der Waals surface area contributed by atoms with Crippen LogP contribution in [-0.4, -0.2) is 36.1 Å². The molecule has 1 heterocycles. The number of methoxy groups -OCH3 is 1. The highest BCUT2D eigenvalue weighted by atomic mass is 16.5. The number of nitrogens with one attached hydrogen (secondary N) is 2. The van der Waals surface area contributed by atoms with Crippen molar-refractivity contribution in [1.29, 1.82) is 5.41 Å². The molecule has 0 aromatic carbocycles. The molecule has 4 N–H and O–H groups in total. The maximum Gasteiger partial charge on any atom is 0.223 e. The Bertz CT molecular complexity index is 314. The topological polar surface area (TPSA) is 96.9 Å². The van der Waals surface area contributed by atoms with E-state index in [9.17, 15) is 0 Å². The molecule has 0 unspecified atom stereocenters. The summed E-state index contributed by atoms with van der Waals surface area (Å²) in [6.45, 7) is 1.20. The van der Waals surface area contributed by atoms with Crippen molar-refractivity contribution in [2.75, 3.05) is 25.6 Å². The molecule has 1 aromatic heterocycles. The van der Waals surface area contributed by atoms with E-state index in [2.05, 4.69) is 15.3 Å². The molecule has 0 radical (unpaired) electrons. The van der Waals surface area contributed by atoms with Gasteiger partial charge in [0.2, 0.25) is 5.95 Å². The van der Waals surface area contributed by atoms with Crippen molar-refractivity contribution in [3.63, 3.8) is 0 Å². The summed E-state index contributed by atoms with van der Waals surface area (Å²) in [6.07, 6.45) is 1.55. The van der Waals surface area contributed by atoms with Crippen LogP contribution in [0.3, 0.4) is 0 Å². The van der Waals surface area contributed by atoms with Crippen LogP contribution in [0.2, 0.25) is 0 Å². The molecule has 0 aliphatic carbocycles. The van der Waals surface area contributed by atoms with Gasteiger partial charge in [0.05, 0.1) is 6.61 Å². The van der Waals surface area contributed by atoms with Crippen molar-refractivity contribution in [1.82, 2.24) is 9.97 Å². The van der Waals surface area contributed by atoms with Crippen LogP contribution < -0.4 is 11.1 Å². The predicted molar refractivity (Wildman–Crippen MR) is 53.4 cm³/mol. The van der Waals surface area contributed by atoms with Crippen LogP contribution in [0, 0.1) is 5.41 Å². The molecular formula is C8H13N5O. The van der Waals surface area contributed by atoms with Crippen molar-refractivity contribution < 1.29 is 4.74 Å². The quantitative estimate of drug-likeness (QED) is 0.344. The number of rotatable bonds is 5. The zero-order chi connectivity index (χ0) is 10.4. The molecule has 0 amide bonds. The largest absolute Gasteiger partial charge is 0.383 e. The number of hydrogen-bond acceptors (Lipinski definition) is 5. The van der Waals surface area contributed by atoms with Crippen molar-refractivity contribution >= 4 is 11.8 Å². The lowest BCUT2D eigenvalue weighted by Crippen LogP contribution is -2.16. The molecule has 14 heavy (non-hydrogen) atoms.